The summed E-state index contributed by atoms with van der Waals surface area (Å²) in [5.41, 5.74) is 3.41. The molecule has 0 fully saturated rings. The number of hydrogen-bond donors (Lipinski definition) is 4. The van der Waals surface area contributed by atoms with E-state index in [-0.39, 0.29) is 31.4 Å². The van der Waals surface area contributed by atoms with Crippen LogP contribution in [-0.4, -0.2) is 45.8 Å². The van der Waals surface area contributed by atoms with E-state index in [4.69, 9.17) is 0 Å². The molecule has 1 aromatic heterocycles. The van der Waals surface area contributed by atoms with Gasteiger partial charge < -0.3 is 21.1 Å². The number of anilines is 1. The fraction of sp³-hybridized carbons (Fsp3) is 0.290. The van der Waals surface area contributed by atoms with Crippen molar-refractivity contribution in [3.8, 4) is 10.6 Å². The molecule has 0 radical (unpaired) electrons. The van der Waals surface area contributed by atoms with Gasteiger partial charge in [0.15, 0.2) is 0 Å². The molecule has 0 aliphatic heterocycles. The van der Waals surface area contributed by atoms with E-state index < -0.39 is 35.6 Å². The maximum atomic E-state index is 13.8. The maximum absolute atomic E-state index is 13.8. The molecule has 2 amide bonds. The van der Waals surface area contributed by atoms with Crippen LogP contribution < -0.4 is 16.0 Å². The van der Waals surface area contributed by atoms with Crippen LogP contribution in [-0.2, 0) is 29.0 Å². The monoisotopic (exact) mass is 593 g/mol. The Morgan fingerprint density at radius 1 is 0.881 bits per heavy atom. The number of benzene rings is 3. The van der Waals surface area contributed by atoms with Gasteiger partial charge in [-0.05, 0) is 41.7 Å². The number of amides is 2. The lowest BCUT2D eigenvalue weighted by molar-refractivity contribution is -0.125. The predicted molar refractivity (Wildman–Crippen MR) is 159 cm³/mol. The van der Waals surface area contributed by atoms with Gasteiger partial charge in [0.25, 0.3) is 0 Å². The number of carbonyl (C=O) groups excluding carboxylic acids is 2. The Bertz CT molecular complexity index is 1460. The van der Waals surface area contributed by atoms with Crippen LogP contribution in [0.4, 0.5) is 13.9 Å². The van der Waals surface area contributed by atoms with Crippen molar-refractivity contribution in [3.05, 3.63) is 101 Å². The van der Waals surface area contributed by atoms with E-state index >= 15 is 0 Å². The van der Waals surface area contributed by atoms with E-state index in [1.54, 1.807) is 0 Å². The van der Waals surface area contributed by atoms with Gasteiger partial charge in [-0.3, -0.25) is 9.59 Å². The number of halogens is 2. The molecule has 220 valence electrons. The van der Waals surface area contributed by atoms with Crippen molar-refractivity contribution in [2.75, 3.05) is 11.9 Å². The molecule has 11 heteroatoms. The molecule has 1 heterocycles. The number of aliphatic hydroxyl groups is 1. The van der Waals surface area contributed by atoms with Crippen molar-refractivity contribution >= 4 is 28.3 Å². The molecular formula is C31H33F2N5O3S. The summed E-state index contributed by atoms with van der Waals surface area (Å²) in [5.74, 6) is -2.39. The summed E-state index contributed by atoms with van der Waals surface area (Å²) in [6.07, 6.45) is -0.457. The number of rotatable bonds is 14. The molecule has 4 rings (SSSR count). The fourth-order valence-corrected chi connectivity index (χ4v) is 5.16. The van der Waals surface area contributed by atoms with Crippen molar-refractivity contribution in [1.82, 2.24) is 20.8 Å². The summed E-state index contributed by atoms with van der Waals surface area (Å²) in [7, 11) is 0. The highest BCUT2D eigenvalue weighted by atomic mass is 32.1. The van der Waals surface area contributed by atoms with Gasteiger partial charge in [0.1, 0.15) is 16.6 Å². The van der Waals surface area contributed by atoms with E-state index in [0.717, 1.165) is 35.7 Å². The lowest BCUT2D eigenvalue weighted by Crippen LogP contribution is -2.48. The smallest absolute Gasteiger partial charge is 0.226 e. The van der Waals surface area contributed by atoms with Crippen LogP contribution in [0.5, 0.6) is 0 Å². The zero-order chi connectivity index (χ0) is 29.9. The summed E-state index contributed by atoms with van der Waals surface area (Å²) < 4.78 is 27.7. The zero-order valence-corrected chi connectivity index (χ0v) is 24.0. The average molecular weight is 594 g/mol. The molecule has 3 aromatic carbocycles. The molecule has 0 bridgehead atoms. The summed E-state index contributed by atoms with van der Waals surface area (Å²) in [4.78, 5) is 25.3. The van der Waals surface area contributed by atoms with Crippen molar-refractivity contribution in [1.29, 1.82) is 0 Å². The van der Waals surface area contributed by atoms with Crippen LogP contribution in [0.2, 0.25) is 0 Å². The molecule has 4 N–H and O–H groups in total. The number of aryl methyl sites for hydroxylation is 1. The topological polar surface area (TPSA) is 116 Å². The largest absolute Gasteiger partial charge is 0.390 e. The molecule has 4 aromatic rings. The lowest BCUT2D eigenvalue weighted by atomic mass is 10.00. The Morgan fingerprint density at radius 2 is 1.60 bits per heavy atom. The number of carbonyl (C=O) groups is 2. The molecule has 42 heavy (non-hydrogen) atoms. The van der Waals surface area contributed by atoms with Gasteiger partial charge in [0, 0.05) is 37.6 Å². The minimum absolute atomic E-state index is 0.00612. The average Bonchev–Trinajstić information content (AvgIpc) is 3.44. The van der Waals surface area contributed by atoms with Gasteiger partial charge in [-0.1, -0.05) is 72.9 Å². The highest BCUT2D eigenvalue weighted by Crippen LogP contribution is 2.26. The van der Waals surface area contributed by atoms with Crippen LogP contribution in [0.3, 0.4) is 0 Å². The van der Waals surface area contributed by atoms with Crippen molar-refractivity contribution in [2.24, 2.45) is 0 Å². The van der Waals surface area contributed by atoms with Crippen molar-refractivity contribution in [2.45, 2.75) is 51.3 Å². The second-order valence-corrected chi connectivity index (χ2v) is 10.8. The van der Waals surface area contributed by atoms with Gasteiger partial charge in [0.2, 0.25) is 16.9 Å². The first-order valence-electron chi connectivity index (χ1n) is 13.7. The minimum Gasteiger partial charge on any atom is -0.390 e. The van der Waals surface area contributed by atoms with Gasteiger partial charge in [-0.15, -0.1) is 10.2 Å². The third kappa shape index (κ3) is 9.51. The molecule has 0 spiro atoms. The number of nitrogens with one attached hydrogen (secondary N) is 3. The van der Waals surface area contributed by atoms with Crippen LogP contribution >= 0.6 is 11.3 Å². The SMILES string of the molecule is CCc1cccc(CNC[C@H](O)[C@@H](Cc2cc(F)cc(F)c2)NC(=O)CCC(=O)Nc2nnc(-c3ccccc3)s2)c1. The van der Waals surface area contributed by atoms with Gasteiger partial charge in [-0.2, -0.15) is 0 Å². The number of aromatic nitrogens is 2. The summed E-state index contributed by atoms with van der Waals surface area (Å²) >= 11 is 1.22. The fourth-order valence-electron chi connectivity index (χ4n) is 4.39. The number of hydrogen-bond acceptors (Lipinski definition) is 7. The first-order chi connectivity index (χ1) is 20.3. The second kappa shape index (κ2) is 15.2. The molecule has 8 nitrogen and oxygen atoms in total. The highest BCUT2D eigenvalue weighted by Gasteiger charge is 2.23. The highest BCUT2D eigenvalue weighted by molar-refractivity contribution is 7.18. The number of nitrogens with zero attached hydrogens (tertiary/aromatic N) is 2. The molecule has 0 aliphatic carbocycles. The first kappa shape index (κ1) is 30.9. The Balaban J connectivity index is 1.32. The molecule has 0 saturated heterocycles. The van der Waals surface area contributed by atoms with E-state index in [1.807, 2.05) is 48.5 Å². The van der Waals surface area contributed by atoms with Gasteiger partial charge in [-0.25, -0.2) is 8.78 Å². The molecule has 0 aliphatic rings. The van der Waals surface area contributed by atoms with Crippen molar-refractivity contribution < 1.29 is 23.5 Å². The third-order valence-electron chi connectivity index (χ3n) is 6.54. The summed E-state index contributed by atoms with van der Waals surface area (Å²) in [6, 6.07) is 19.7. The molecule has 0 unspecified atom stereocenters. The van der Waals surface area contributed by atoms with Crippen molar-refractivity contribution in [3.63, 3.8) is 0 Å². The standard InChI is InChI=1S/C31H33F2N5O3S/c1-2-20-7-6-8-21(13-20)18-34-19-27(39)26(16-22-14-24(32)17-25(33)15-22)35-28(40)11-12-29(41)36-31-38-37-30(42-31)23-9-4-3-5-10-23/h3-10,13-15,17,26-27,34,39H,2,11-12,16,18-19H2,1H3,(H,35,40)(H,36,38,41)/t26-,27+/m1/s1. The Labute approximate surface area is 247 Å². The van der Waals surface area contributed by atoms with Crippen LogP contribution in [0.1, 0.15) is 36.5 Å². The van der Waals surface area contributed by atoms with Crippen LogP contribution in [0.25, 0.3) is 10.6 Å². The van der Waals surface area contributed by atoms with Crippen LogP contribution in [0.15, 0.2) is 72.8 Å². The Morgan fingerprint density at radius 3 is 2.33 bits per heavy atom. The number of aliphatic hydroxyl groups excluding tert-OH is 1. The molecule has 2 atom stereocenters. The third-order valence-corrected chi connectivity index (χ3v) is 7.43. The molecule has 0 saturated carbocycles. The lowest BCUT2D eigenvalue weighted by Gasteiger charge is -2.25. The van der Waals surface area contributed by atoms with Crippen LogP contribution in [0, 0.1) is 11.6 Å². The van der Waals surface area contributed by atoms with E-state index in [2.05, 4.69) is 39.1 Å². The molecular weight excluding hydrogens is 560 g/mol. The minimum atomic E-state index is -1.07. The summed E-state index contributed by atoms with van der Waals surface area (Å²) in [6.45, 7) is 2.69. The normalized spacial score (nSPS) is 12.5. The van der Waals surface area contributed by atoms with E-state index in [0.29, 0.717) is 16.7 Å². The zero-order valence-electron chi connectivity index (χ0n) is 23.1. The van der Waals surface area contributed by atoms with E-state index in [1.165, 1.54) is 16.9 Å². The first-order valence-corrected chi connectivity index (χ1v) is 14.5. The van der Waals surface area contributed by atoms with Gasteiger partial charge in [0.05, 0.1) is 12.1 Å². The summed E-state index contributed by atoms with van der Waals surface area (Å²) in [5, 5.41) is 28.6. The Hall–Kier alpha value is -4.06. The Kier molecular flexibility index (Phi) is 11.2. The second-order valence-electron chi connectivity index (χ2n) is 9.85. The maximum Gasteiger partial charge on any atom is 0.226 e. The van der Waals surface area contributed by atoms with Gasteiger partial charge >= 0.3 is 0 Å². The van der Waals surface area contributed by atoms with E-state index in [9.17, 15) is 23.5 Å². The predicted octanol–water partition coefficient (Wildman–Crippen LogP) is 4.64. The quantitative estimate of drug-likeness (QED) is 0.169.